The highest BCUT2D eigenvalue weighted by Gasteiger charge is 2.27. The van der Waals surface area contributed by atoms with Crippen LogP contribution in [0.25, 0.3) is 16.6 Å². The van der Waals surface area contributed by atoms with Crippen molar-refractivity contribution in [1.82, 2.24) is 14.6 Å². The number of methoxy groups -OCH3 is 1. The Morgan fingerprint density at radius 1 is 1.20 bits per heavy atom. The molecule has 0 N–H and O–H groups in total. The van der Waals surface area contributed by atoms with E-state index in [0.29, 0.717) is 22.5 Å². The molecule has 1 atom stereocenters. The first-order valence-corrected chi connectivity index (χ1v) is 12.1. The SMILES string of the molecule is COC(=O)[C@@H](Cc1ccccc1OCC1CC1)Oc1ncnn2cc(-c3ccc(F)cc3)c(Br)c12. The maximum absolute atomic E-state index is 13.4. The molecule has 0 amide bonds. The molecular weight excluding hydrogens is 517 g/mol. The van der Waals surface area contributed by atoms with Gasteiger partial charge in [0, 0.05) is 18.2 Å². The molecule has 9 heteroatoms. The lowest BCUT2D eigenvalue weighted by molar-refractivity contribution is -0.148. The van der Waals surface area contributed by atoms with E-state index in [1.54, 1.807) is 22.8 Å². The van der Waals surface area contributed by atoms with Gasteiger partial charge in [0.25, 0.3) is 0 Å². The van der Waals surface area contributed by atoms with Gasteiger partial charge in [-0.1, -0.05) is 30.3 Å². The molecule has 0 aliphatic heterocycles. The molecule has 1 aliphatic rings. The number of fused-ring (bicyclic) bond motifs is 1. The lowest BCUT2D eigenvalue weighted by Gasteiger charge is -2.19. The van der Waals surface area contributed by atoms with Crippen LogP contribution in [0.1, 0.15) is 18.4 Å². The first-order chi connectivity index (χ1) is 17.0. The van der Waals surface area contributed by atoms with Gasteiger partial charge in [-0.2, -0.15) is 10.1 Å². The summed E-state index contributed by atoms with van der Waals surface area (Å²) in [7, 11) is 1.32. The van der Waals surface area contributed by atoms with Crippen LogP contribution in [0.2, 0.25) is 0 Å². The fraction of sp³-hybridized carbons (Fsp3) is 0.269. The van der Waals surface area contributed by atoms with Gasteiger partial charge in [0.05, 0.1) is 18.2 Å². The third-order valence-electron chi connectivity index (χ3n) is 5.90. The summed E-state index contributed by atoms with van der Waals surface area (Å²) in [6.45, 7) is 0.663. The maximum atomic E-state index is 13.4. The molecular formula is C26H23BrFN3O4. The largest absolute Gasteiger partial charge is 0.493 e. The van der Waals surface area contributed by atoms with Crippen molar-refractivity contribution in [2.24, 2.45) is 5.92 Å². The first kappa shape index (κ1) is 23.3. The van der Waals surface area contributed by atoms with E-state index in [1.165, 1.54) is 38.4 Å². The van der Waals surface area contributed by atoms with Crippen molar-refractivity contribution in [2.75, 3.05) is 13.7 Å². The molecule has 7 nitrogen and oxygen atoms in total. The number of nitrogens with zero attached hydrogens (tertiary/aromatic N) is 3. The van der Waals surface area contributed by atoms with E-state index in [-0.39, 0.29) is 18.1 Å². The minimum absolute atomic E-state index is 0.215. The van der Waals surface area contributed by atoms with E-state index in [4.69, 9.17) is 14.2 Å². The molecule has 2 heterocycles. The number of hydrogen-bond acceptors (Lipinski definition) is 6. The molecule has 0 radical (unpaired) electrons. The Morgan fingerprint density at radius 2 is 1.97 bits per heavy atom. The zero-order chi connectivity index (χ0) is 24.4. The third kappa shape index (κ3) is 5.14. The summed E-state index contributed by atoms with van der Waals surface area (Å²) < 4.78 is 32.8. The van der Waals surface area contributed by atoms with Crippen LogP contribution in [0, 0.1) is 11.7 Å². The number of hydrogen-bond donors (Lipinski definition) is 0. The molecule has 1 saturated carbocycles. The Labute approximate surface area is 210 Å². The third-order valence-corrected chi connectivity index (χ3v) is 6.70. The number of benzene rings is 2. The summed E-state index contributed by atoms with van der Waals surface area (Å²) in [6, 6.07) is 13.8. The molecule has 2 aromatic heterocycles. The highest BCUT2D eigenvalue weighted by molar-refractivity contribution is 9.10. The molecule has 0 saturated heterocycles. The Kier molecular flexibility index (Phi) is 6.68. The molecule has 2 aromatic carbocycles. The Bertz CT molecular complexity index is 1350. The van der Waals surface area contributed by atoms with Crippen LogP contribution in [0.5, 0.6) is 11.6 Å². The van der Waals surface area contributed by atoms with Crippen molar-refractivity contribution >= 4 is 27.4 Å². The predicted molar refractivity (Wildman–Crippen MR) is 131 cm³/mol. The summed E-state index contributed by atoms with van der Waals surface area (Å²) in [5, 5.41) is 4.27. The second-order valence-corrected chi connectivity index (χ2v) is 9.21. The molecule has 5 rings (SSSR count). The van der Waals surface area contributed by atoms with Gasteiger partial charge >= 0.3 is 5.97 Å². The zero-order valence-corrected chi connectivity index (χ0v) is 20.6. The molecule has 0 bridgehead atoms. The van der Waals surface area contributed by atoms with Gasteiger partial charge in [-0.25, -0.2) is 13.7 Å². The number of rotatable bonds is 9. The number of aromatic nitrogens is 3. The second-order valence-electron chi connectivity index (χ2n) is 8.42. The number of esters is 1. The van der Waals surface area contributed by atoms with Crippen molar-refractivity contribution in [2.45, 2.75) is 25.4 Å². The van der Waals surface area contributed by atoms with Gasteiger partial charge in [0.2, 0.25) is 12.0 Å². The predicted octanol–water partition coefficient (Wildman–Crippen LogP) is 5.25. The summed E-state index contributed by atoms with van der Waals surface area (Å²) >= 11 is 3.61. The number of halogens is 2. The Morgan fingerprint density at radius 3 is 2.71 bits per heavy atom. The van der Waals surface area contributed by atoms with Crippen LogP contribution in [0.3, 0.4) is 0 Å². The lowest BCUT2D eigenvalue weighted by Crippen LogP contribution is -2.31. The zero-order valence-electron chi connectivity index (χ0n) is 19.0. The minimum atomic E-state index is -0.958. The summed E-state index contributed by atoms with van der Waals surface area (Å²) in [5.74, 6) is 0.700. The highest BCUT2D eigenvalue weighted by atomic mass is 79.9. The quantitative estimate of drug-likeness (QED) is 0.270. The molecule has 1 fully saturated rings. The van der Waals surface area contributed by atoms with Gasteiger partial charge in [-0.05, 0) is 64.0 Å². The van der Waals surface area contributed by atoms with Crippen molar-refractivity contribution in [3.8, 4) is 22.8 Å². The standard InChI is InChI=1S/C26H23BrFN3O4/c1-33-26(32)22(12-18-4-2-3-5-21(18)34-14-16-6-7-16)35-25-24-23(27)20(13-31(24)30-15-29-25)17-8-10-19(28)11-9-17/h2-5,8-11,13,15-16,22H,6-7,12,14H2,1H3/t22-/m1/s1. The van der Waals surface area contributed by atoms with E-state index < -0.39 is 12.1 Å². The normalized spacial score (nSPS) is 14.0. The van der Waals surface area contributed by atoms with Crippen LogP contribution < -0.4 is 9.47 Å². The first-order valence-electron chi connectivity index (χ1n) is 11.3. The number of carbonyl (C=O) groups is 1. The van der Waals surface area contributed by atoms with E-state index >= 15 is 0 Å². The minimum Gasteiger partial charge on any atom is -0.493 e. The van der Waals surface area contributed by atoms with Crippen LogP contribution >= 0.6 is 15.9 Å². The monoisotopic (exact) mass is 539 g/mol. The Hall–Kier alpha value is -3.46. The van der Waals surface area contributed by atoms with Crippen LogP contribution in [-0.2, 0) is 16.0 Å². The van der Waals surface area contributed by atoms with E-state index in [0.717, 1.165) is 22.4 Å². The van der Waals surface area contributed by atoms with E-state index in [1.807, 2.05) is 24.3 Å². The number of carbonyl (C=O) groups excluding carboxylic acids is 1. The van der Waals surface area contributed by atoms with Gasteiger partial charge < -0.3 is 14.2 Å². The van der Waals surface area contributed by atoms with E-state index in [9.17, 15) is 9.18 Å². The van der Waals surface area contributed by atoms with Crippen LogP contribution in [-0.4, -0.2) is 40.4 Å². The summed E-state index contributed by atoms with van der Waals surface area (Å²) in [6.07, 6.45) is 4.80. The number of ether oxygens (including phenoxy) is 3. The molecule has 180 valence electrons. The topological polar surface area (TPSA) is 75.0 Å². The van der Waals surface area contributed by atoms with Crippen molar-refractivity contribution < 1.29 is 23.4 Å². The van der Waals surface area contributed by atoms with Crippen molar-refractivity contribution in [3.05, 3.63) is 76.9 Å². The van der Waals surface area contributed by atoms with E-state index in [2.05, 4.69) is 26.0 Å². The van der Waals surface area contributed by atoms with Gasteiger partial charge in [0.1, 0.15) is 23.4 Å². The van der Waals surface area contributed by atoms with Crippen molar-refractivity contribution in [3.63, 3.8) is 0 Å². The molecule has 0 spiro atoms. The highest BCUT2D eigenvalue weighted by Crippen LogP contribution is 2.37. The van der Waals surface area contributed by atoms with Gasteiger partial charge in [-0.3, -0.25) is 0 Å². The number of para-hydroxylation sites is 1. The average molecular weight is 540 g/mol. The lowest BCUT2D eigenvalue weighted by atomic mass is 10.1. The van der Waals surface area contributed by atoms with Crippen molar-refractivity contribution in [1.29, 1.82) is 0 Å². The maximum Gasteiger partial charge on any atom is 0.347 e. The molecule has 35 heavy (non-hydrogen) atoms. The van der Waals surface area contributed by atoms with Gasteiger partial charge in [0.15, 0.2) is 0 Å². The molecule has 4 aromatic rings. The average Bonchev–Trinajstić information content (AvgIpc) is 3.65. The van der Waals surface area contributed by atoms with Gasteiger partial charge in [-0.15, -0.1) is 0 Å². The Balaban J connectivity index is 1.45. The second kappa shape index (κ2) is 10.0. The molecule has 0 unspecified atom stereocenters. The van der Waals surface area contributed by atoms with Crippen LogP contribution in [0.4, 0.5) is 4.39 Å². The summed E-state index contributed by atoms with van der Waals surface area (Å²) in [4.78, 5) is 17.0. The fourth-order valence-corrected chi connectivity index (χ4v) is 4.49. The molecule has 1 aliphatic carbocycles. The summed E-state index contributed by atoms with van der Waals surface area (Å²) in [5.41, 5.74) is 2.96. The van der Waals surface area contributed by atoms with Crippen LogP contribution in [0.15, 0.2) is 65.5 Å². The smallest absolute Gasteiger partial charge is 0.347 e. The fourth-order valence-electron chi connectivity index (χ4n) is 3.81.